The van der Waals surface area contributed by atoms with Gasteiger partial charge in [0.15, 0.2) is 10.1 Å². The van der Waals surface area contributed by atoms with Crippen LogP contribution in [0.3, 0.4) is 0 Å². The predicted octanol–water partition coefficient (Wildman–Crippen LogP) is 3.07. The molecule has 2 aromatic rings. The molecule has 6 nitrogen and oxygen atoms in total. The summed E-state index contributed by atoms with van der Waals surface area (Å²) in [7, 11) is 0. The molecule has 1 amide bonds. The van der Waals surface area contributed by atoms with Crippen molar-refractivity contribution in [2.75, 3.05) is 29.1 Å². The molecule has 0 bridgehead atoms. The van der Waals surface area contributed by atoms with Crippen molar-refractivity contribution in [2.45, 2.75) is 24.1 Å². The number of nitrogens with zero attached hydrogens (tertiary/aromatic N) is 3. The van der Waals surface area contributed by atoms with Crippen molar-refractivity contribution in [3.05, 3.63) is 29.8 Å². The van der Waals surface area contributed by atoms with E-state index in [4.69, 9.17) is 0 Å². The van der Waals surface area contributed by atoms with Gasteiger partial charge in [-0.15, -0.1) is 10.2 Å². The van der Waals surface area contributed by atoms with Crippen LogP contribution in [0.4, 0.5) is 10.8 Å². The van der Waals surface area contributed by atoms with Gasteiger partial charge in [-0.05, 0) is 25.5 Å². The summed E-state index contributed by atoms with van der Waals surface area (Å²) in [6.45, 7) is 3.51. The van der Waals surface area contributed by atoms with Gasteiger partial charge in [0.1, 0.15) is 0 Å². The molecule has 0 aliphatic carbocycles. The Bertz CT molecular complexity index is 747. The number of ketones is 1. The number of carbonyl (C=O) groups excluding carboxylic acids is 2. The first-order chi connectivity index (χ1) is 11.7. The van der Waals surface area contributed by atoms with Gasteiger partial charge in [-0.3, -0.25) is 9.59 Å². The first kappa shape index (κ1) is 16.9. The molecular weight excluding hydrogens is 344 g/mol. The summed E-state index contributed by atoms with van der Waals surface area (Å²) in [4.78, 5) is 26.0. The van der Waals surface area contributed by atoms with E-state index >= 15 is 0 Å². The van der Waals surface area contributed by atoms with Crippen molar-refractivity contribution >= 4 is 45.6 Å². The third-order valence-corrected chi connectivity index (χ3v) is 5.63. The van der Waals surface area contributed by atoms with Crippen LogP contribution in [0.1, 0.15) is 30.1 Å². The fourth-order valence-corrected chi connectivity index (χ4v) is 4.18. The van der Waals surface area contributed by atoms with Gasteiger partial charge < -0.3 is 10.2 Å². The zero-order valence-corrected chi connectivity index (χ0v) is 15.0. The van der Waals surface area contributed by atoms with Crippen molar-refractivity contribution in [1.29, 1.82) is 0 Å². The zero-order valence-electron chi connectivity index (χ0n) is 13.3. The smallest absolute Gasteiger partial charge is 0.227 e. The molecule has 1 aromatic carbocycles. The number of rotatable bonds is 7. The van der Waals surface area contributed by atoms with Gasteiger partial charge in [0, 0.05) is 30.8 Å². The Hall–Kier alpha value is -1.93. The molecule has 24 heavy (non-hydrogen) atoms. The minimum absolute atomic E-state index is 0.0219. The number of aromatic nitrogens is 2. The van der Waals surface area contributed by atoms with Gasteiger partial charge in [-0.1, -0.05) is 35.2 Å². The number of benzene rings is 1. The first-order valence-corrected chi connectivity index (χ1v) is 9.61. The molecule has 1 N–H and O–H groups in total. The number of carbonyl (C=O) groups is 2. The summed E-state index contributed by atoms with van der Waals surface area (Å²) in [5.74, 6) is 0.450. The molecule has 1 fully saturated rings. The molecule has 0 spiro atoms. The average Bonchev–Trinajstić information content (AvgIpc) is 3.22. The second kappa shape index (κ2) is 7.76. The third-order valence-electron chi connectivity index (χ3n) is 3.61. The zero-order chi connectivity index (χ0) is 16.9. The highest BCUT2D eigenvalue weighted by Crippen LogP contribution is 2.27. The lowest BCUT2D eigenvalue weighted by molar-refractivity contribution is -0.117. The van der Waals surface area contributed by atoms with Crippen LogP contribution >= 0.6 is 23.1 Å². The summed E-state index contributed by atoms with van der Waals surface area (Å²) in [6, 6.07) is 7.29. The first-order valence-electron chi connectivity index (χ1n) is 7.81. The van der Waals surface area contributed by atoms with Crippen molar-refractivity contribution in [3.63, 3.8) is 0 Å². The summed E-state index contributed by atoms with van der Waals surface area (Å²) in [5.41, 5.74) is 1.43. The lowest BCUT2D eigenvalue weighted by Gasteiger charge is -2.16. The second-order valence-electron chi connectivity index (χ2n) is 5.31. The molecule has 0 unspecified atom stereocenters. The SMILES string of the molecule is CCNc1nnc(SCC(=O)c2cccc(N3CCCC3=O)c2)s1. The minimum Gasteiger partial charge on any atom is -0.360 e. The topological polar surface area (TPSA) is 75.2 Å². The van der Waals surface area contributed by atoms with E-state index in [-0.39, 0.29) is 11.7 Å². The predicted molar refractivity (Wildman–Crippen MR) is 97.2 cm³/mol. The minimum atomic E-state index is 0.0219. The molecule has 2 heterocycles. The molecular formula is C16H18N4O2S2. The molecule has 0 atom stereocenters. The number of nitrogens with one attached hydrogen (secondary N) is 1. The van der Waals surface area contributed by atoms with E-state index < -0.39 is 0 Å². The Balaban J connectivity index is 1.63. The summed E-state index contributed by atoms with van der Waals surface area (Å²) in [6.07, 6.45) is 1.46. The maximum absolute atomic E-state index is 12.4. The van der Waals surface area contributed by atoms with Gasteiger partial charge in [0.2, 0.25) is 11.0 Å². The van der Waals surface area contributed by atoms with Gasteiger partial charge in [0.05, 0.1) is 5.75 Å². The van der Waals surface area contributed by atoms with Crippen molar-refractivity contribution < 1.29 is 9.59 Å². The molecule has 8 heteroatoms. The Morgan fingerprint density at radius 2 is 2.29 bits per heavy atom. The molecule has 126 valence electrons. The van der Waals surface area contributed by atoms with Crippen LogP contribution < -0.4 is 10.2 Å². The van der Waals surface area contributed by atoms with Gasteiger partial charge >= 0.3 is 0 Å². The Morgan fingerprint density at radius 3 is 3.04 bits per heavy atom. The highest BCUT2D eigenvalue weighted by Gasteiger charge is 2.22. The highest BCUT2D eigenvalue weighted by atomic mass is 32.2. The maximum Gasteiger partial charge on any atom is 0.227 e. The molecule has 0 radical (unpaired) electrons. The number of hydrogen-bond acceptors (Lipinski definition) is 7. The molecule has 1 aliphatic rings. The van der Waals surface area contributed by atoms with Crippen LogP contribution in [0.25, 0.3) is 0 Å². The lowest BCUT2D eigenvalue weighted by atomic mass is 10.1. The summed E-state index contributed by atoms with van der Waals surface area (Å²) in [5, 5.41) is 11.9. The standard InChI is InChI=1S/C16H18N4O2S2/c1-2-17-15-18-19-16(24-15)23-10-13(21)11-5-3-6-12(9-11)20-8-4-7-14(20)22/h3,5-6,9H,2,4,7-8,10H2,1H3,(H,17,18). The summed E-state index contributed by atoms with van der Waals surface area (Å²) >= 11 is 2.83. The van der Waals surface area contributed by atoms with Crippen molar-refractivity contribution in [2.24, 2.45) is 0 Å². The number of hydrogen-bond donors (Lipinski definition) is 1. The fraction of sp³-hybridized carbons (Fsp3) is 0.375. The van der Waals surface area contributed by atoms with Gasteiger partial charge in [-0.25, -0.2) is 0 Å². The Kier molecular flexibility index (Phi) is 5.47. The van der Waals surface area contributed by atoms with Crippen LogP contribution in [-0.2, 0) is 4.79 Å². The van der Waals surface area contributed by atoms with Crippen LogP contribution in [0.5, 0.6) is 0 Å². The number of thioether (sulfide) groups is 1. The van der Waals surface area contributed by atoms with E-state index in [1.165, 1.54) is 23.1 Å². The van der Waals surface area contributed by atoms with Crippen LogP contribution in [0.2, 0.25) is 0 Å². The largest absolute Gasteiger partial charge is 0.360 e. The molecule has 1 aliphatic heterocycles. The molecule has 0 saturated carbocycles. The van der Waals surface area contributed by atoms with E-state index in [1.54, 1.807) is 17.0 Å². The molecule has 3 rings (SSSR count). The van der Waals surface area contributed by atoms with E-state index in [0.717, 1.165) is 34.7 Å². The number of Topliss-reactive ketones (excluding diaryl/α,β-unsaturated/α-hetero) is 1. The van der Waals surface area contributed by atoms with Crippen LogP contribution in [-0.4, -0.2) is 40.7 Å². The highest BCUT2D eigenvalue weighted by molar-refractivity contribution is 8.01. The molecule has 1 aromatic heterocycles. The van der Waals surface area contributed by atoms with Crippen LogP contribution in [0.15, 0.2) is 28.6 Å². The van der Waals surface area contributed by atoms with Gasteiger partial charge in [-0.2, -0.15) is 0 Å². The summed E-state index contributed by atoms with van der Waals surface area (Å²) < 4.78 is 0.769. The van der Waals surface area contributed by atoms with Crippen molar-refractivity contribution in [3.8, 4) is 0 Å². The average molecular weight is 362 g/mol. The monoisotopic (exact) mass is 362 g/mol. The normalized spacial score (nSPS) is 14.2. The quantitative estimate of drug-likeness (QED) is 0.603. The number of anilines is 2. The lowest BCUT2D eigenvalue weighted by Crippen LogP contribution is -2.23. The Labute approximate surface area is 148 Å². The molecule has 1 saturated heterocycles. The Morgan fingerprint density at radius 1 is 1.42 bits per heavy atom. The van der Waals surface area contributed by atoms with E-state index in [2.05, 4.69) is 15.5 Å². The van der Waals surface area contributed by atoms with Gasteiger partial charge in [0.25, 0.3) is 0 Å². The third kappa shape index (κ3) is 3.93. The van der Waals surface area contributed by atoms with E-state index in [9.17, 15) is 9.59 Å². The number of amides is 1. The van der Waals surface area contributed by atoms with Crippen molar-refractivity contribution in [1.82, 2.24) is 10.2 Å². The second-order valence-corrected chi connectivity index (χ2v) is 7.51. The van der Waals surface area contributed by atoms with E-state index in [1.807, 2.05) is 19.1 Å². The van der Waals surface area contributed by atoms with E-state index in [0.29, 0.717) is 17.7 Å². The maximum atomic E-state index is 12.4. The van der Waals surface area contributed by atoms with Crippen LogP contribution in [0, 0.1) is 0 Å². The fourth-order valence-electron chi connectivity index (χ4n) is 2.47.